The van der Waals surface area contributed by atoms with Crippen molar-refractivity contribution >= 4 is 22.8 Å². The van der Waals surface area contributed by atoms with Gasteiger partial charge in [0.25, 0.3) is 0 Å². The number of carbonyl (C=O) groups excluding carboxylic acids is 1. The molecule has 0 aliphatic rings. The van der Waals surface area contributed by atoms with Gasteiger partial charge in [-0.2, -0.15) is 5.10 Å². The molecule has 114 valence electrons. The van der Waals surface area contributed by atoms with Crippen LogP contribution < -0.4 is 0 Å². The van der Waals surface area contributed by atoms with Crippen LogP contribution in [0.4, 0.5) is 0 Å². The van der Waals surface area contributed by atoms with E-state index in [-0.39, 0.29) is 5.78 Å². The zero-order chi connectivity index (χ0) is 15.5. The first-order valence-electron chi connectivity index (χ1n) is 7.64. The van der Waals surface area contributed by atoms with E-state index < -0.39 is 0 Å². The van der Waals surface area contributed by atoms with Crippen LogP contribution in [0.1, 0.15) is 48.5 Å². The van der Waals surface area contributed by atoms with E-state index in [1.165, 1.54) is 24.2 Å². The van der Waals surface area contributed by atoms with Crippen molar-refractivity contribution in [1.82, 2.24) is 14.6 Å². The van der Waals surface area contributed by atoms with E-state index >= 15 is 0 Å². The molecule has 0 amide bonds. The fourth-order valence-corrected chi connectivity index (χ4v) is 3.33. The third-order valence-corrected chi connectivity index (χ3v) is 4.87. The third kappa shape index (κ3) is 2.95. The van der Waals surface area contributed by atoms with E-state index in [0.717, 1.165) is 39.6 Å². The van der Waals surface area contributed by atoms with Crippen molar-refractivity contribution in [3.63, 3.8) is 0 Å². The predicted octanol–water partition coefficient (Wildman–Crippen LogP) is 4.39. The number of hydrogen-bond acceptors (Lipinski definition) is 4. The molecular formula is C17H19N3OS. The summed E-state index contributed by atoms with van der Waals surface area (Å²) in [5.74, 6) is 0.0956. The topological polar surface area (TPSA) is 47.3 Å². The number of aryl methyl sites for hydroxylation is 1. The van der Waals surface area contributed by atoms with Crippen LogP contribution in [-0.4, -0.2) is 20.4 Å². The number of unbranched alkanes of at least 4 members (excludes halogenated alkanes) is 2. The summed E-state index contributed by atoms with van der Waals surface area (Å²) in [5.41, 5.74) is 2.88. The minimum Gasteiger partial charge on any atom is -0.294 e. The van der Waals surface area contributed by atoms with Crippen molar-refractivity contribution in [2.45, 2.75) is 39.5 Å². The molecule has 0 N–H and O–H groups in total. The highest BCUT2D eigenvalue weighted by Crippen LogP contribution is 2.28. The maximum atomic E-state index is 11.5. The van der Waals surface area contributed by atoms with Gasteiger partial charge in [0.2, 0.25) is 0 Å². The molecule has 3 heterocycles. The molecule has 22 heavy (non-hydrogen) atoms. The monoisotopic (exact) mass is 313 g/mol. The van der Waals surface area contributed by atoms with Crippen molar-refractivity contribution < 1.29 is 4.79 Å². The minimum absolute atomic E-state index is 0.0956. The quantitative estimate of drug-likeness (QED) is 0.501. The zero-order valence-corrected chi connectivity index (χ0v) is 13.7. The minimum atomic E-state index is 0.0956. The largest absolute Gasteiger partial charge is 0.294 e. The van der Waals surface area contributed by atoms with Gasteiger partial charge in [0.05, 0.1) is 21.6 Å². The molecule has 3 aromatic rings. The van der Waals surface area contributed by atoms with Crippen LogP contribution in [0.15, 0.2) is 30.5 Å². The Labute approximate surface area is 133 Å². The lowest BCUT2D eigenvalue weighted by molar-refractivity contribution is 0.102. The molecule has 3 rings (SSSR count). The molecule has 0 radical (unpaired) electrons. The van der Waals surface area contributed by atoms with Gasteiger partial charge in [-0.3, -0.25) is 4.79 Å². The summed E-state index contributed by atoms with van der Waals surface area (Å²) in [6.45, 7) is 3.79. The van der Waals surface area contributed by atoms with E-state index in [2.05, 4.69) is 18.0 Å². The maximum Gasteiger partial charge on any atom is 0.169 e. The Hall–Kier alpha value is -2.01. The van der Waals surface area contributed by atoms with Crippen LogP contribution in [0, 0.1) is 0 Å². The molecule has 0 aliphatic carbocycles. The van der Waals surface area contributed by atoms with Crippen molar-refractivity contribution in [2.75, 3.05) is 0 Å². The van der Waals surface area contributed by atoms with E-state index in [4.69, 9.17) is 5.10 Å². The predicted molar refractivity (Wildman–Crippen MR) is 89.5 cm³/mol. The van der Waals surface area contributed by atoms with Crippen molar-refractivity contribution in [3.05, 3.63) is 41.0 Å². The standard InChI is InChI=1S/C17H19N3OS/c1-3-4-5-6-13-7-10-17-18-11-14(20(17)19-13)16-9-8-15(22-16)12(2)21/h7-11H,3-6H2,1-2H3. The third-order valence-electron chi connectivity index (χ3n) is 3.66. The number of hydrogen-bond donors (Lipinski definition) is 0. The molecule has 0 fully saturated rings. The summed E-state index contributed by atoms with van der Waals surface area (Å²) in [4.78, 5) is 17.7. The lowest BCUT2D eigenvalue weighted by atomic mass is 10.1. The highest BCUT2D eigenvalue weighted by molar-refractivity contribution is 7.17. The van der Waals surface area contributed by atoms with E-state index in [1.807, 2.05) is 28.9 Å². The summed E-state index contributed by atoms with van der Waals surface area (Å²) < 4.78 is 1.89. The van der Waals surface area contributed by atoms with Gasteiger partial charge in [-0.15, -0.1) is 11.3 Å². The van der Waals surface area contributed by atoms with E-state index in [9.17, 15) is 4.79 Å². The molecule has 0 unspecified atom stereocenters. The Bertz CT molecular complexity index is 803. The summed E-state index contributed by atoms with van der Waals surface area (Å²) in [6.07, 6.45) is 6.41. The highest BCUT2D eigenvalue weighted by Gasteiger charge is 2.12. The van der Waals surface area contributed by atoms with Crippen LogP contribution in [0.2, 0.25) is 0 Å². The summed E-state index contributed by atoms with van der Waals surface area (Å²) in [7, 11) is 0. The zero-order valence-electron chi connectivity index (χ0n) is 12.9. The number of aromatic nitrogens is 3. The van der Waals surface area contributed by atoms with Crippen molar-refractivity contribution in [2.24, 2.45) is 0 Å². The Balaban J connectivity index is 1.95. The van der Waals surface area contributed by atoms with E-state index in [0.29, 0.717) is 0 Å². The van der Waals surface area contributed by atoms with Gasteiger partial charge >= 0.3 is 0 Å². The SMILES string of the molecule is CCCCCc1ccc2ncc(-c3ccc(C(C)=O)s3)n2n1. The second kappa shape index (κ2) is 6.40. The van der Waals surface area contributed by atoms with Gasteiger partial charge in [0, 0.05) is 0 Å². The van der Waals surface area contributed by atoms with Crippen LogP contribution in [-0.2, 0) is 6.42 Å². The number of imidazole rings is 1. The first-order chi connectivity index (χ1) is 10.7. The van der Waals surface area contributed by atoms with Crippen molar-refractivity contribution in [3.8, 4) is 10.6 Å². The van der Waals surface area contributed by atoms with Gasteiger partial charge in [-0.1, -0.05) is 19.8 Å². The number of nitrogens with zero attached hydrogens (tertiary/aromatic N) is 3. The smallest absolute Gasteiger partial charge is 0.169 e. The molecule has 0 spiro atoms. The fourth-order valence-electron chi connectivity index (χ4n) is 2.43. The Morgan fingerprint density at radius 2 is 2.09 bits per heavy atom. The Morgan fingerprint density at radius 3 is 2.82 bits per heavy atom. The molecular weight excluding hydrogens is 294 g/mol. The highest BCUT2D eigenvalue weighted by atomic mass is 32.1. The lowest BCUT2D eigenvalue weighted by Crippen LogP contribution is -1.99. The number of carbonyl (C=O) groups is 1. The fraction of sp³-hybridized carbons (Fsp3) is 0.353. The molecule has 5 heteroatoms. The van der Waals surface area contributed by atoms with Gasteiger partial charge in [0.15, 0.2) is 11.4 Å². The molecule has 0 atom stereocenters. The van der Waals surface area contributed by atoms with E-state index in [1.54, 1.807) is 6.92 Å². The number of ketones is 1. The van der Waals surface area contributed by atoms with Crippen LogP contribution in [0.3, 0.4) is 0 Å². The summed E-state index contributed by atoms with van der Waals surface area (Å²) in [5, 5.41) is 4.71. The summed E-state index contributed by atoms with van der Waals surface area (Å²) in [6, 6.07) is 7.90. The van der Waals surface area contributed by atoms with Gasteiger partial charge in [0.1, 0.15) is 5.69 Å². The number of Topliss-reactive ketones (excluding diaryl/α,β-unsaturated/α-hetero) is 1. The second-order valence-corrected chi connectivity index (χ2v) is 6.50. The normalized spacial score (nSPS) is 11.2. The molecule has 4 nitrogen and oxygen atoms in total. The van der Waals surface area contributed by atoms with Crippen LogP contribution in [0.5, 0.6) is 0 Å². The molecule has 0 aliphatic heterocycles. The second-order valence-electron chi connectivity index (χ2n) is 5.42. The van der Waals surface area contributed by atoms with Crippen molar-refractivity contribution in [1.29, 1.82) is 0 Å². The van der Waals surface area contributed by atoms with Crippen LogP contribution >= 0.6 is 11.3 Å². The molecule has 0 saturated carbocycles. The first-order valence-corrected chi connectivity index (χ1v) is 8.45. The van der Waals surface area contributed by atoms with Gasteiger partial charge in [-0.25, -0.2) is 9.50 Å². The lowest BCUT2D eigenvalue weighted by Gasteiger charge is -2.03. The number of rotatable bonds is 6. The number of fused-ring (bicyclic) bond motifs is 1. The maximum absolute atomic E-state index is 11.5. The molecule has 0 aromatic carbocycles. The molecule has 0 saturated heterocycles. The molecule has 3 aromatic heterocycles. The number of thiophene rings is 1. The molecule has 0 bridgehead atoms. The van der Waals surface area contributed by atoms with Gasteiger partial charge < -0.3 is 0 Å². The Kier molecular flexibility index (Phi) is 4.34. The average molecular weight is 313 g/mol. The average Bonchev–Trinajstić information content (AvgIpc) is 3.13. The van der Waals surface area contributed by atoms with Gasteiger partial charge in [-0.05, 0) is 44.0 Å². The Morgan fingerprint density at radius 1 is 1.23 bits per heavy atom. The first kappa shape index (κ1) is 14.9. The summed E-state index contributed by atoms with van der Waals surface area (Å²) >= 11 is 1.49. The van der Waals surface area contributed by atoms with Crippen LogP contribution in [0.25, 0.3) is 16.2 Å².